The maximum Gasteiger partial charge on any atom is 0.136 e. The lowest BCUT2D eigenvalue weighted by atomic mass is 10.1. The lowest BCUT2D eigenvalue weighted by Gasteiger charge is -2.43. The zero-order chi connectivity index (χ0) is 14.2. The minimum Gasteiger partial charge on any atom is -0.354 e. The van der Waals surface area contributed by atoms with Gasteiger partial charge in [0.2, 0.25) is 0 Å². The number of anilines is 1. The van der Waals surface area contributed by atoms with Crippen molar-refractivity contribution < 1.29 is 0 Å². The first-order valence-electron chi connectivity index (χ1n) is 7.56. The molecule has 0 amide bonds. The van der Waals surface area contributed by atoms with E-state index in [1.165, 1.54) is 10.8 Å². The minimum absolute atomic E-state index is 0.752. The zero-order valence-corrected chi connectivity index (χ0v) is 13.5. The van der Waals surface area contributed by atoms with E-state index in [9.17, 15) is 0 Å². The predicted octanol–water partition coefficient (Wildman–Crippen LogP) is 2.09. The molecule has 0 atom stereocenters. The van der Waals surface area contributed by atoms with Crippen molar-refractivity contribution in [2.45, 2.75) is 6.04 Å². The first-order chi connectivity index (χ1) is 10.3. The molecule has 2 aliphatic heterocycles. The summed E-state index contributed by atoms with van der Waals surface area (Å²) in [6.07, 6.45) is 1.92. The van der Waals surface area contributed by atoms with Crippen LogP contribution in [0.5, 0.6) is 0 Å². The second-order valence-corrected chi connectivity index (χ2v) is 6.66. The van der Waals surface area contributed by atoms with E-state index in [4.69, 9.17) is 0 Å². The van der Waals surface area contributed by atoms with Crippen LogP contribution in [-0.2, 0) is 0 Å². The molecule has 21 heavy (non-hydrogen) atoms. The SMILES string of the molecule is Brc1cccc2c(N3CCN(C4CNC4)CC3)nccc12. The molecule has 1 aromatic heterocycles. The summed E-state index contributed by atoms with van der Waals surface area (Å²) in [5, 5.41) is 5.84. The van der Waals surface area contributed by atoms with Crippen molar-refractivity contribution in [3.8, 4) is 0 Å². The van der Waals surface area contributed by atoms with Crippen molar-refractivity contribution in [1.82, 2.24) is 15.2 Å². The molecule has 2 saturated heterocycles. The van der Waals surface area contributed by atoms with Crippen LogP contribution in [0.3, 0.4) is 0 Å². The van der Waals surface area contributed by atoms with E-state index in [1.807, 2.05) is 6.20 Å². The number of nitrogens with one attached hydrogen (secondary N) is 1. The normalized spacial score (nSPS) is 20.7. The number of piperazine rings is 1. The van der Waals surface area contributed by atoms with Crippen molar-refractivity contribution in [2.24, 2.45) is 0 Å². The summed E-state index contributed by atoms with van der Waals surface area (Å²) in [6, 6.07) is 9.19. The van der Waals surface area contributed by atoms with Gasteiger partial charge in [-0.2, -0.15) is 0 Å². The number of aromatic nitrogens is 1. The van der Waals surface area contributed by atoms with E-state index in [2.05, 4.69) is 60.3 Å². The Labute approximate surface area is 133 Å². The highest BCUT2D eigenvalue weighted by Crippen LogP contribution is 2.30. The van der Waals surface area contributed by atoms with Crippen molar-refractivity contribution in [1.29, 1.82) is 0 Å². The van der Waals surface area contributed by atoms with Crippen molar-refractivity contribution >= 4 is 32.5 Å². The fraction of sp³-hybridized carbons (Fsp3) is 0.438. The summed E-state index contributed by atoms with van der Waals surface area (Å²) in [5.74, 6) is 1.13. The van der Waals surface area contributed by atoms with Gasteiger partial charge in [-0.3, -0.25) is 4.90 Å². The molecular formula is C16H19BrN4. The van der Waals surface area contributed by atoms with Gasteiger partial charge in [0.15, 0.2) is 0 Å². The Morgan fingerprint density at radius 1 is 1.05 bits per heavy atom. The summed E-state index contributed by atoms with van der Waals surface area (Å²) in [5.41, 5.74) is 0. The molecule has 2 fully saturated rings. The fourth-order valence-corrected chi connectivity index (χ4v) is 3.73. The number of fused-ring (bicyclic) bond motifs is 1. The first kappa shape index (κ1) is 13.5. The van der Waals surface area contributed by atoms with Crippen LogP contribution < -0.4 is 10.2 Å². The van der Waals surface area contributed by atoms with Gasteiger partial charge < -0.3 is 10.2 Å². The average Bonchev–Trinajstić information content (AvgIpc) is 2.46. The van der Waals surface area contributed by atoms with E-state index >= 15 is 0 Å². The molecule has 3 heterocycles. The monoisotopic (exact) mass is 346 g/mol. The van der Waals surface area contributed by atoms with Gasteiger partial charge in [-0.25, -0.2) is 4.98 Å². The standard InChI is InChI=1S/C16H19BrN4/c17-15-3-1-2-14-13(15)4-5-19-16(14)21-8-6-20(7-9-21)12-10-18-11-12/h1-5,12,18H,6-11H2. The molecule has 2 aromatic rings. The van der Waals surface area contributed by atoms with Crippen LogP contribution in [0.25, 0.3) is 10.8 Å². The molecule has 110 valence electrons. The number of hydrogen-bond donors (Lipinski definition) is 1. The maximum absolute atomic E-state index is 4.65. The van der Waals surface area contributed by atoms with E-state index in [1.54, 1.807) is 0 Å². The van der Waals surface area contributed by atoms with Gasteiger partial charge in [0.25, 0.3) is 0 Å². The van der Waals surface area contributed by atoms with Gasteiger partial charge in [-0.05, 0) is 12.1 Å². The fourth-order valence-electron chi connectivity index (χ4n) is 3.24. The van der Waals surface area contributed by atoms with Crippen LogP contribution in [0.4, 0.5) is 5.82 Å². The van der Waals surface area contributed by atoms with Crippen LogP contribution in [-0.4, -0.2) is 55.2 Å². The molecule has 0 aliphatic carbocycles. The largest absolute Gasteiger partial charge is 0.354 e. The van der Waals surface area contributed by atoms with Crippen LogP contribution in [0.2, 0.25) is 0 Å². The smallest absolute Gasteiger partial charge is 0.136 e. The molecule has 1 N–H and O–H groups in total. The van der Waals surface area contributed by atoms with Gasteiger partial charge in [0.05, 0.1) is 0 Å². The summed E-state index contributed by atoms with van der Waals surface area (Å²) < 4.78 is 1.14. The Hall–Kier alpha value is -1.17. The molecule has 0 unspecified atom stereocenters. The summed E-state index contributed by atoms with van der Waals surface area (Å²) in [6.45, 7) is 6.71. The minimum atomic E-state index is 0.752. The molecule has 0 radical (unpaired) electrons. The third kappa shape index (κ3) is 2.43. The molecule has 0 saturated carbocycles. The van der Waals surface area contributed by atoms with Crippen LogP contribution in [0.1, 0.15) is 0 Å². The average molecular weight is 347 g/mol. The Morgan fingerprint density at radius 2 is 1.86 bits per heavy atom. The third-order valence-electron chi connectivity index (χ3n) is 4.62. The van der Waals surface area contributed by atoms with Gasteiger partial charge in [0, 0.05) is 66.8 Å². The molecular weight excluding hydrogens is 328 g/mol. The van der Waals surface area contributed by atoms with E-state index in [0.717, 1.165) is 55.6 Å². The lowest BCUT2D eigenvalue weighted by Crippen LogP contribution is -2.61. The molecule has 0 spiro atoms. The number of benzene rings is 1. The van der Waals surface area contributed by atoms with E-state index in [-0.39, 0.29) is 0 Å². The highest BCUT2D eigenvalue weighted by Gasteiger charge is 2.28. The quantitative estimate of drug-likeness (QED) is 0.902. The maximum atomic E-state index is 4.65. The number of pyridine rings is 1. The van der Waals surface area contributed by atoms with Crippen LogP contribution in [0.15, 0.2) is 34.9 Å². The second kappa shape index (κ2) is 5.55. The molecule has 2 aliphatic rings. The van der Waals surface area contributed by atoms with Crippen molar-refractivity contribution in [2.75, 3.05) is 44.2 Å². The number of hydrogen-bond acceptors (Lipinski definition) is 4. The Morgan fingerprint density at radius 3 is 2.57 bits per heavy atom. The van der Waals surface area contributed by atoms with Crippen molar-refractivity contribution in [3.63, 3.8) is 0 Å². The third-order valence-corrected chi connectivity index (χ3v) is 5.31. The van der Waals surface area contributed by atoms with Crippen LogP contribution >= 0.6 is 15.9 Å². The number of nitrogens with zero attached hydrogens (tertiary/aromatic N) is 3. The topological polar surface area (TPSA) is 31.4 Å². The Kier molecular flexibility index (Phi) is 3.57. The molecule has 1 aromatic carbocycles. The van der Waals surface area contributed by atoms with Gasteiger partial charge >= 0.3 is 0 Å². The van der Waals surface area contributed by atoms with Crippen molar-refractivity contribution in [3.05, 3.63) is 34.9 Å². The molecule has 0 bridgehead atoms. The molecule has 5 heteroatoms. The Balaban J connectivity index is 1.58. The highest BCUT2D eigenvalue weighted by molar-refractivity contribution is 9.10. The number of rotatable bonds is 2. The molecule has 4 nitrogen and oxygen atoms in total. The van der Waals surface area contributed by atoms with Gasteiger partial charge in [-0.1, -0.05) is 28.1 Å². The molecule has 4 rings (SSSR count). The second-order valence-electron chi connectivity index (χ2n) is 5.80. The summed E-state index contributed by atoms with van der Waals surface area (Å²) in [7, 11) is 0. The summed E-state index contributed by atoms with van der Waals surface area (Å²) >= 11 is 3.64. The van der Waals surface area contributed by atoms with Gasteiger partial charge in [0.1, 0.15) is 5.82 Å². The van der Waals surface area contributed by atoms with Gasteiger partial charge in [-0.15, -0.1) is 0 Å². The van der Waals surface area contributed by atoms with Crippen LogP contribution in [0, 0.1) is 0 Å². The predicted molar refractivity (Wildman–Crippen MR) is 89.9 cm³/mol. The lowest BCUT2D eigenvalue weighted by molar-refractivity contribution is 0.138. The summed E-state index contributed by atoms with van der Waals surface area (Å²) in [4.78, 5) is 9.68. The highest BCUT2D eigenvalue weighted by atomic mass is 79.9. The zero-order valence-electron chi connectivity index (χ0n) is 11.9. The first-order valence-corrected chi connectivity index (χ1v) is 8.35. The Bertz CT molecular complexity index is 648. The van der Waals surface area contributed by atoms with E-state index < -0.39 is 0 Å². The van der Waals surface area contributed by atoms with E-state index in [0.29, 0.717) is 0 Å². The number of halogens is 1.